The summed E-state index contributed by atoms with van der Waals surface area (Å²) in [4.78, 5) is 13.1. The monoisotopic (exact) mass is 209 g/mol. The Hall–Kier alpha value is -0.960. The van der Waals surface area contributed by atoms with Crippen molar-refractivity contribution in [3.8, 4) is 0 Å². The molecular formula is C11H15NOS. The topological polar surface area (TPSA) is 20.3 Å². The normalized spacial score (nSPS) is 9.93. The van der Waals surface area contributed by atoms with E-state index in [0.717, 1.165) is 11.3 Å². The van der Waals surface area contributed by atoms with E-state index in [2.05, 4.69) is 6.26 Å². The van der Waals surface area contributed by atoms with E-state index in [1.165, 1.54) is 5.56 Å². The second kappa shape index (κ2) is 5.05. The Morgan fingerprint density at radius 2 is 1.86 bits per heavy atom. The van der Waals surface area contributed by atoms with Crippen LogP contribution in [0.25, 0.3) is 0 Å². The minimum Gasteiger partial charge on any atom is -0.345 e. The number of rotatable bonds is 3. The van der Waals surface area contributed by atoms with Crippen LogP contribution in [-0.4, -0.2) is 31.2 Å². The lowest BCUT2D eigenvalue weighted by Crippen LogP contribution is -2.21. The van der Waals surface area contributed by atoms with Gasteiger partial charge in [0.2, 0.25) is 0 Å². The standard InChI is InChI=1S/C11H15NOS/c1-12(2)11(13)10-6-4-9(5-7-10)8-14-3/h4-7H,8H2,1-3H3. The molecule has 0 atom stereocenters. The largest absolute Gasteiger partial charge is 0.345 e. The minimum absolute atomic E-state index is 0.0562. The van der Waals surface area contributed by atoms with Gasteiger partial charge in [-0.1, -0.05) is 12.1 Å². The maximum atomic E-state index is 11.5. The molecular weight excluding hydrogens is 194 g/mol. The zero-order valence-corrected chi connectivity index (χ0v) is 9.60. The second-order valence-corrected chi connectivity index (χ2v) is 4.20. The molecule has 0 unspecified atom stereocenters. The number of benzene rings is 1. The molecule has 3 heteroatoms. The predicted molar refractivity (Wildman–Crippen MR) is 61.7 cm³/mol. The first-order valence-corrected chi connectivity index (χ1v) is 5.84. The SMILES string of the molecule is CSCc1ccc(C(=O)N(C)C)cc1. The van der Waals surface area contributed by atoms with Crippen LogP contribution in [0.4, 0.5) is 0 Å². The van der Waals surface area contributed by atoms with Gasteiger partial charge in [-0.3, -0.25) is 4.79 Å². The molecule has 0 aromatic heterocycles. The van der Waals surface area contributed by atoms with Crippen molar-refractivity contribution in [2.75, 3.05) is 20.4 Å². The van der Waals surface area contributed by atoms with Gasteiger partial charge in [-0.05, 0) is 24.0 Å². The fourth-order valence-electron chi connectivity index (χ4n) is 1.17. The fourth-order valence-corrected chi connectivity index (χ4v) is 1.69. The first kappa shape index (κ1) is 11.1. The summed E-state index contributed by atoms with van der Waals surface area (Å²) in [6.45, 7) is 0. The Balaban J connectivity index is 2.78. The lowest BCUT2D eigenvalue weighted by molar-refractivity contribution is 0.0827. The number of nitrogens with zero attached hydrogens (tertiary/aromatic N) is 1. The zero-order chi connectivity index (χ0) is 10.6. The first-order valence-electron chi connectivity index (χ1n) is 4.44. The van der Waals surface area contributed by atoms with Crippen LogP contribution in [0.2, 0.25) is 0 Å². The number of carbonyl (C=O) groups is 1. The van der Waals surface area contributed by atoms with Crippen molar-refractivity contribution < 1.29 is 4.79 Å². The van der Waals surface area contributed by atoms with Gasteiger partial charge < -0.3 is 4.90 Å². The molecule has 0 aliphatic heterocycles. The average molecular weight is 209 g/mol. The molecule has 1 aromatic carbocycles. The van der Waals surface area contributed by atoms with Gasteiger partial charge in [0.25, 0.3) is 5.91 Å². The number of hydrogen-bond donors (Lipinski definition) is 0. The van der Waals surface area contributed by atoms with Crippen molar-refractivity contribution in [1.82, 2.24) is 4.90 Å². The molecule has 0 spiro atoms. The van der Waals surface area contributed by atoms with E-state index in [0.29, 0.717) is 0 Å². The maximum absolute atomic E-state index is 11.5. The molecule has 1 aromatic rings. The summed E-state index contributed by atoms with van der Waals surface area (Å²) in [5.41, 5.74) is 2.01. The molecule has 76 valence electrons. The number of carbonyl (C=O) groups excluding carboxylic acids is 1. The Labute approximate surface area is 89.3 Å². The quantitative estimate of drug-likeness (QED) is 0.761. The highest BCUT2D eigenvalue weighted by Gasteiger charge is 2.06. The zero-order valence-electron chi connectivity index (χ0n) is 8.78. The Bertz CT molecular complexity index is 306. The second-order valence-electron chi connectivity index (χ2n) is 3.33. The lowest BCUT2D eigenvalue weighted by atomic mass is 10.1. The minimum atomic E-state index is 0.0562. The lowest BCUT2D eigenvalue weighted by Gasteiger charge is -2.10. The van der Waals surface area contributed by atoms with Crippen LogP contribution in [0, 0.1) is 0 Å². The molecule has 0 saturated carbocycles. The van der Waals surface area contributed by atoms with Gasteiger partial charge >= 0.3 is 0 Å². The van der Waals surface area contributed by atoms with Gasteiger partial charge in [-0.2, -0.15) is 11.8 Å². The van der Waals surface area contributed by atoms with E-state index >= 15 is 0 Å². The highest BCUT2D eigenvalue weighted by Crippen LogP contribution is 2.11. The summed E-state index contributed by atoms with van der Waals surface area (Å²) in [5.74, 6) is 1.05. The fraction of sp³-hybridized carbons (Fsp3) is 0.364. The van der Waals surface area contributed by atoms with E-state index in [1.54, 1.807) is 30.8 Å². The van der Waals surface area contributed by atoms with Gasteiger partial charge in [-0.25, -0.2) is 0 Å². The Kier molecular flexibility index (Phi) is 4.01. The van der Waals surface area contributed by atoms with Gasteiger partial charge in [0.05, 0.1) is 0 Å². The van der Waals surface area contributed by atoms with E-state index in [9.17, 15) is 4.79 Å². The Morgan fingerprint density at radius 1 is 1.29 bits per heavy atom. The third kappa shape index (κ3) is 2.77. The summed E-state index contributed by atoms with van der Waals surface area (Å²) in [5, 5.41) is 0. The van der Waals surface area contributed by atoms with Gasteiger partial charge in [0.15, 0.2) is 0 Å². The molecule has 0 aliphatic rings. The summed E-state index contributed by atoms with van der Waals surface area (Å²) in [6, 6.07) is 7.78. The maximum Gasteiger partial charge on any atom is 0.253 e. The first-order chi connectivity index (χ1) is 6.65. The predicted octanol–water partition coefficient (Wildman–Crippen LogP) is 2.25. The molecule has 0 heterocycles. The molecule has 0 fully saturated rings. The summed E-state index contributed by atoms with van der Waals surface area (Å²) < 4.78 is 0. The van der Waals surface area contributed by atoms with Crippen LogP contribution in [0.3, 0.4) is 0 Å². The molecule has 14 heavy (non-hydrogen) atoms. The summed E-state index contributed by atoms with van der Waals surface area (Å²) in [6.07, 6.45) is 2.07. The van der Waals surface area contributed by atoms with Crippen LogP contribution in [0.15, 0.2) is 24.3 Å². The summed E-state index contributed by atoms with van der Waals surface area (Å²) in [7, 11) is 3.52. The third-order valence-electron chi connectivity index (χ3n) is 1.92. The van der Waals surface area contributed by atoms with Crippen molar-refractivity contribution in [3.05, 3.63) is 35.4 Å². The smallest absolute Gasteiger partial charge is 0.253 e. The van der Waals surface area contributed by atoms with Crippen LogP contribution < -0.4 is 0 Å². The third-order valence-corrected chi connectivity index (χ3v) is 2.54. The van der Waals surface area contributed by atoms with Crippen LogP contribution >= 0.6 is 11.8 Å². The van der Waals surface area contributed by atoms with Crippen LogP contribution in [0.1, 0.15) is 15.9 Å². The molecule has 0 bridgehead atoms. The Morgan fingerprint density at radius 3 is 2.29 bits per heavy atom. The van der Waals surface area contributed by atoms with Crippen LogP contribution in [-0.2, 0) is 5.75 Å². The van der Waals surface area contributed by atoms with Gasteiger partial charge in [0, 0.05) is 25.4 Å². The number of hydrogen-bond acceptors (Lipinski definition) is 2. The summed E-state index contributed by atoms with van der Waals surface area (Å²) >= 11 is 1.78. The molecule has 0 aliphatic carbocycles. The van der Waals surface area contributed by atoms with Crippen molar-refractivity contribution >= 4 is 17.7 Å². The molecule has 0 saturated heterocycles. The molecule has 1 amide bonds. The van der Waals surface area contributed by atoms with Crippen molar-refractivity contribution in [2.45, 2.75) is 5.75 Å². The van der Waals surface area contributed by atoms with Crippen LogP contribution in [0.5, 0.6) is 0 Å². The highest BCUT2D eigenvalue weighted by atomic mass is 32.2. The van der Waals surface area contributed by atoms with Crippen molar-refractivity contribution in [2.24, 2.45) is 0 Å². The van der Waals surface area contributed by atoms with E-state index in [1.807, 2.05) is 24.3 Å². The molecule has 0 N–H and O–H groups in total. The van der Waals surface area contributed by atoms with E-state index in [4.69, 9.17) is 0 Å². The van der Waals surface area contributed by atoms with E-state index in [-0.39, 0.29) is 5.91 Å². The van der Waals surface area contributed by atoms with Gasteiger partial charge in [0.1, 0.15) is 0 Å². The molecule has 2 nitrogen and oxygen atoms in total. The number of thioether (sulfide) groups is 1. The molecule has 0 radical (unpaired) electrons. The molecule has 1 rings (SSSR count). The van der Waals surface area contributed by atoms with Crippen molar-refractivity contribution in [1.29, 1.82) is 0 Å². The van der Waals surface area contributed by atoms with Crippen molar-refractivity contribution in [3.63, 3.8) is 0 Å². The average Bonchev–Trinajstić information content (AvgIpc) is 2.18. The highest BCUT2D eigenvalue weighted by molar-refractivity contribution is 7.97. The number of amides is 1. The van der Waals surface area contributed by atoms with Gasteiger partial charge in [-0.15, -0.1) is 0 Å². The van der Waals surface area contributed by atoms with E-state index < -0.39 is 0 Å².